The molecule has 1 aromatic heterocycles. The van der Waals surface area contributed by atoms with E-state index in [0.717, 1.165) is 0 Å². The Morgan fingerprint density at radius 2 is 2.08 bits per heavy atom. The molecule has 0 aliphatic carbocycles. The Hall–Kier alpha value is -0.710. The number of aryl methyl sites for hydroxylation is 1. The number of nitrogens with zero attached hydrogens (tertiary/aromatic N) is 1. The SMILES string of the molecule is CCc1[nH]nc(C(F)(F)F)c1Cl. The van der Waals surface area contributed by atoms with Crippen LogP contribution in [-0.4, -0.2) is 10.2 Å². The molecule has 0 radical (unpaired) electrons. The van der Waals surface area contributed by atoms with Gasteiger partial charge in [-0.15, -0.1) is 0 Å². The van der Waals surface area contributed by atoms with E-state index in [1.807, 2.05) is 0 Å². The van der Waals surface area contributed by atoms with Gasteiger partial charge in [0, 0.05) is 0 Å². The molecule has 0 saturated heterocycles. The summed E-state index contributed by atoms with van der Waals surface area (Å²) in [5, 5.41) is 4.98. The molecule has 0 aliphatic rings. The molecule has 2 nitrogen and oxygen atoms in total. The van der Waals surface area contributed by atoms with E-state index in [4.69, 9.17) is 11.6 Å². The molecule has 0 bridgehead atoms. The Kier molecular flexibility index (Phi) is 2.32. The highest BCUT2D eigenvalue weighted by atomic mass is 35.5. The summed E-state index contributed by atoms with van der Waals surface area (Å²) in [6.07, 6.45) is -4.07. The van der Waals surface area contributed by atoms with Crippen molar-refractivity contribution in [1.29, 1.82) is 0 Å². The standard InChI is InChI=1S/C6H6ClF3N2/c1-2-3-4(7)5(12-11-3)6(8,9)10/h2H2,1H3,(H,11,12). The zero-order valence-electron chi connectivity index (χ0n) is 6.17. The minimum Gasteiger partial charge on any atom is -0.280 e. The van der Waals surface area contributed by atoms with Gasteiger partial charge in [0.25, 0.3) is 0 Å². The normalized spacial score (nSPS) is 12.1. The van der Waals surface area contributed by atoms with Crippen molar-refractivity contribution in [2.45, 2.75) is 19.5 Å². The maximum Gasteiger partial charge on any atom is 0.436 e. The third-order valence-corrected chi connectivity index (χ3v) is 1.80. The summed E-state index contributed by atoms with van der Waals surface area (Å²) in [6.45, 7) is 1.69. The quantitative estimate of drug-likeness (QED) is 0.739. The number of aromatic amines is 1. The van der Waals surface area contributed by atoms with Gasteiger partial charge in [-0.05, 0) is 6.42 Å². The molecular formula is C6H6ClF3N2. The number of aromatic nitrogens is 2. The molecule has 0 amide bonds. The fourth-order valence-electron chi connectivity index (χ4n) is 0.787. The summed E-state index contributed by atoms with van der Waals surface area (Å²) in [4.78, 5) is 0. The van der Waals surface area contributed by atoms with Gasteiger partial charge in [0.05, 0.1) is 10.7 Å². The van der Waals surface area contributed by atoms with Gasteiger partial charge in [0.2, 0.25) is 0 Å². The average molecular weight is 199 g/mol. The van der Waals surface area contributed by atoms with Crippen LogP contribution in [0.4, 0.5) is 13.2 Å². The number of nitrogens with one attached hydrogen (secondary N) is 1. The fourth-order valence-corrected chi connectivity index (χ4v) is 1.11. The van der Waals surface area contributed by atoms with E-state index in [9.17, 15) is 13.2 Å². The van der Waals surface area contributed by atoms with Gasteiger partial charge in [0.15, 0.2) is 5.69 Å². The summed E-state index contributed by atoms with van der Waals surface area (Å²) in [6, 6.07) is 0. The summed E-state index contributed by atoms with van der Waals surface area (Å²) >= 11 is 5.40. The molecule has 0 saturated carbocycles. The van der Waals surface area contributed by atoms with E-state index >= 15 is 0 Å². The predicted molar refractivity (Wildman–Crippen MR) is 38.0 cm³/mol. The van der Waals surface area contributed by atoms with E-state index in [0.29, 0.717) is 12.1 Å². The van der Waals surface area contributed by atoms with Crippen molar-refractivity contribution >= 4 is 11.6 Å². The molecule has 0 aromatic carbocycles. The van der Waals surface area contributed by atoms with E-state index in [1.54, 1.807) is 6.92 Å². The highest BCUT2D eigenvalue weighted by Crippen LogP contribution is 2.34. The molecule has 0 unspecified atom stereocenters. The van der Waals surface area contributed by atoms with Crippen LogP contribution in [-0.2, 0) is 12.6 Å². The first-order valence-electron chi connectivity index (χ1n) is 3.26. The van der Waals surface area contributed by atoms with Crippen molar-refractivity contribution in [3.63, 3.8) is 0 Å². The van der Waals surface area contributed by atoms with Gasteiger partial charge in [-0.1, -0.05) is 18.5 Å². The molecule has 0 atom stereocenters. The second kappa shape index (κ2) is 2.97. The minimum atomic E-state index is -4.47. The number of H-pyrrole nitrogens is 1. The predicted octanol–water partition coefficient (Wildman–Crippen LogP) is 2.64. The van der Waals surface area contributed by atoms with Gasteiger partial charge in [-0.25, -0.2) is 0 Å². The summed E-state index contributed by atoms with van der Waals surface area (Å²) < 4.78 is 36.1. The lowest BCUT2D eigenvalue weighted by molar-refractivity contribution is -0.141. The Labute approximate surface area is 71.7 Å². The lowest BCUT2D eigenvalue weighted by Crippen LogP contribution is -2.06. The van der Waals surface area contributed by atoms with E-state index < -0.39 is 11.9 Å². The van der Waals surface area contributed by atoms with Crippen LogP contribution in [0, 0.1) is 0 Å². The van der Waals surface area contributed by atoms with Crippen LogP contribution in [0.25, 0.3) is 0 Å². The van der Waals surface area contributed by atoms with Crippen LogP contribution in [0.15, 0.2) is 0 Å². The molecule has 68 valence electrons. The third-order valence-electron chi connectivity index (χ3n) is 1.40. The van der Waals surface area contributed by atoms with Crippen LogP contribution in [0.3, 0.4) is 0 Å². The van der Waals surface area contributed by atoms with Crippen LogP contribution >= 0.6 is 11.6 Å². The second-order valence-electron chi connectivity index (χ2n) is 2.22. The fraction of sp³-hybridized carbons (Fsp3) is 0.500. The molecule has 1 heterocycles. The highest BCUT2D eigenvalue weighted by molar-refractivity contribution is 6.31. The maximum atomic E-state index is 12.0. The molecule has 6 heteroatoms. The van der Waals surface area contributed by atoms with Crippen molar-refractivity contribution in [1.82, 2.24) is 10.2 Å². The summed E-state index contributed by atoms with van der Waals surface area (Å²) in [5.74, 6) is 0. The lowest BCUT2D eigenvalue weighted by atomic mass is 10.3. The van der Waals surface area contributed by atoms with Crippen LogP contribution in [0.1, 0.15) is 18.3 Å². The second-order valence-corrected chi connectivity index (χ2v) is 2.59. The Balaban J connectivity index is 3.11. The Morgan fingerprint density at radius 3 is 2.33 bits per heavy atom. The van der Waals surface area contributed by atoms with E-state index in [1.165, 1.54) is 0 Å². The van der Waals surface area contributed by atoms with Crippen LogP contribution < -0.4 is 0 Å². The van der Waals surface area contributed by atoms with Crippen molar-refractivity contribution in [3.8, 4) is 0 Å². The Morgan fingerprint density at radius 1 is 1.50 bits per heavy atom. The smallest absolute Gasteiger partial charge is 0.280 e. The monoisotopic (exact) mass is 198 g/mol. The van der Waals surface area contributed by atoms with Gasteiger partial charge in [-0.3, -0.25) is 5.10 Å². The molecule has 0 aliphatic heterocycles. The number of rotatable bonds is 1. The van der Waals surface area contributed by atoms with Crippen molar-refractivity contribution in [2.75, 3.05) is 0 Å². The third kappa shape index (κ3) is 1.55. The first kappa shape index (κ1) is 9.38. The maximum absolute atomic E-state index is 12.0. The molecular weight excluding hydrogens is 193 g/mol. The molecule has 0 fully saturated rings. The van der Waals surface area contributed by atoms with Gasteiger partial charge < -0.3 is 0 Å². The van der Waals surface area contributed by atoms with Gasteiger partial charge in [0.1, 0.15) is 0 Å². The van der Waals surface area contributed by atoms with Crippen LogP contribution in [0.5, 0.6) is 0 Å². The van der Waals surface area contributed by atoms with Crippen molar-refractivity contribution in [2.24, 2.45) is 0 Å². The largest absolute Gasteiger partial charge is 0.436 e. The number of hydrogen-bond acceptors (Lipinski definition) is 1. The molecule has 1 rings (SSSR count). The first-order chi connectivity index (χ1) is 5.46. The topological polar surface area (TPSA) is 28.7 Å². The molecule has 0 spiro atoms. The first-order valence-corrected chi connectivity index (χ1v) is 3.64. The molecule has 12 heavy (non-hydrogen) atoms. The van der Waals surface area contributed by atoms with Crippen molar-refractivity contribution < 1.29 is 13.2 Å². The zero-order chi connectivity index (χ0) is 9.35. The number of hydrogen-bond donors (Lipinski definition) is 1. The molecule has 1 N–H and O–H groups in total. The zero-order valence-corrected chi connectivity index (χ0v) is 6.92. The van der Waals surface area contributed by atoms with Crippen molar-refractivity contribution in [3.05, 3.63) is 16.4 Å². The van der Waals surface area contributed by atoms with E-state index in [2.05, 4.69) is 10.2 Å². The summed E-state index contributed by atoms with van der Waals surface area (Å²) in [5.41, 5.74) is -0.731. The summed E-state index contributed by atoms with van der Waals surface area (Å²) in [7, 11) is 0. The number of alkyl halides is 3. The molecule has 1 aromatic rings. The van der Waals surface area contributed by atoms with E-state index in [-0.39, 0.29) is 5.02 Å². The van der Waals surface area contributed by atoms with Gasteiger partial charge in [-0.2, -0.15) is 18.3 Å². The minimum absolute atomic E-state index is 0.309. The lowest BCUT2D eigenvalue weighted by Gasteiger charge is -2.01. The average Bonchev–Trinajstić information content (AvgIpc) is 2.29. The Bertz CT molecular complexity index is 279. The number of halogens is 4. The van der Waals surface area contributed by atoms with Gasteiger partial charge >= 0.3 is 6.18 Å². The highest BCUT2D eigenvalue weighted by Gasteiger charge is 2.37. The van der Waals surface area contributed by atoms with Crippen LogP contribution in [0.2, 0.25) is 5.02 Å².